The number of hydrogen-bond acceptors (Lipinski definition) is 4. The molecule has 2 heterocycles. The van der Waals surface area contributed by atoms with Gasteiger partial charge in [-0.05, 0) is 24.3 Å². The van der Waals surface area contributed by atoms with Crippen LogP contribution in [0.5, 0.6) is 0 Å². The minimum Gasteiger partial charge on any atom is -0.379 e. The normalized spacial score (nSPS) is 11.4. The number of fused-ring (bicyclic) bond motifs is 1. The number of rotatable bonds is 3. The highest BCUT2D eigenvalue weighted by Crippen LogP contribution is 2.35. The highest BCUT2D eigenvalue weighted by atomic mass is 19.4. The summed E-state index contributed by atoms with van der Waals surface area (Å²) in [5.74, 6) is 0. The first-order valence-electron chi connectivity index (χ1n) is 6.62. The third-order valence-electron chi connectivity index (χ3n) is 3.28. The molecule has 3 aromatic rings. The Kier molecular flexibility index (Phi) is 3.62. The fourth-order valence-corrected chi connectivity index (χ4v) is 2.21. The second kappa shape index (κ2) is 5.61. The molecule has 1 N–H and O–H groups in total. The first-order chi connectivity index (χ1) is 11.0. The number of nitrogens with one attached hydrogen (secondary N) is 1. The van der Waals surface area contributed by atoms with Gasteiger partial charge < -0.3 is 5.32 Å². The van der Waals surface area contributed by atoms with E-state index in [0.29, 0.717) is 11.3 Å². The quantitative estimate of drug-likeness (QED) is 0.805. The molecule has 116 valence electrons. The second-order valence-electron chi connectivity index (χ2n) is 4.76. The van der Waals surface area contributed by atoms with Gasteiger partial charge in [0.25, 0.3) is 0 Å². The molecule has 8 heteroatoms. The van der Waals surface area contributed by atoms with Crippen LogP contribution < -0.4 is 5.32 Å². The lowest BCUT2D eigenvalue weighted by molar-refractivity contribution is -0.137. The summed E-state index contributed by atoms with van der Waals surface area (Å²) in [6, 6.07) is 8.51. The van der Waals surface area contributed by atoms with Crippen molar-refractivity contribution in [1.29, 1.82) is 5.26 Å². The lowest BCUT2D eigenvalue weighted by atomic mass is 10.1. The topological polar surface area (TPSA) is 66.0 Å². The molecule has 0 fully saturated rings. The van der Waals surface area contributed by atoms with Crippen molar-refractivity contribution in [1.82, 2.24) is 14.6 Å². The number of hydrogen-bond donors (Lipinski definition) is 1. The van der Waals surface area contributed by atoms with Crippen LogP contribution >= 0.6 is 0 Å². The monoisotopic (exact) mass is 317 g/mol. The average Bonchev–Trinajstić information content (AvgIpc) is 3.01. The molecular formula is C15H10F3N5. The molecule has 0 aliphatic heterocycles. The lowest BCUT2D eigenvalue weighted by Crippen LogP contribution is -2.13. The molecule has 0 bridgehead atoms. The summed E-state index contributed by atoms with van der Waals surface area (Å²) in [6.45, 7) is 0.135. The highest BCUT2D eigenvalue weighted by molar-refractivity contribution is 5.56. The van der Waals surface area contributed by atoms with E-state index in [9.17, 15) is 13.2 Å². The van der Waals surface area contributed by atoms with E-state index in [0.717, 1.165) is 6.07 Å². The van der Waals surface area contributed by atoms with Crippen molar-refractivity contribution in [3.8, 4) is 6.07 Å². The van der Waals surface area contributed by atoms with Crippen LogP contribution in [0.1, 0.15) is 16.8 Å². The van der Waals surface area contributed by atoms with E-state index in [4.69, 9.17) is 5.26 Å². The molecule has 0 aliphatic rings. The number of alkyl halides is 3. The van der Waals surface area contributed by atoms with Gasteiger partial charge in [0.15, 0.2) is 5.65 Å². The largest absolute Gasteiger partial charge is 0.418 e. The lowest BCUT2D eigenvalue weighted by Gasteiger charge is -2.15. The molecule has 23 heavy (non-hydrogen) atoms. The summed E-state index contributed by atoms with van der Waals surface area (Å²) in [5.41, 5.74) is 0.273. The molecule has 0 spiro atoms. The molecule has 0 saturated heterocycles. The summed E-state index contributed by atoms with van der Waals surface area (Å²) < 4.78 is 40.9. The molecular weight excluding hydrogens is 307 g/mol. The van der Waals surface area contributed by atoms with Crippen LogP contribution in [0, 0.1) is 11.3 Å². The SMILES string of the molecule is N#Cc1ccc(NCc2ccnc3ccnn23)c(C(F)(F)F)c1. The van der Waals surface area contributed by atoms with Gasteiger partial charge in [-0.25, -0.2) is 9.50 Å². The third kappa shape index (κ3) is 2.94. The van der Waals surface area contributed by atoms with Gasteiger partial charge in [-0.1, -0.05) is 0 Å². The summed E-state index contributed by atoms with van der Waals surface area (Å²) in [6.07, 6.45) is -1.42. The third-order valence-corrected chi connectivity index (χ3v) is 3.28. The molecule has 1 aromatic carbocycles. The number of nitrogens with zero attached hydrogens (tertiary/aromatic N) is 4. The van der Waals surface area contributed by atoms with E-state index in [2.05, 4.69) is 15.4 Å². The first-order valence-corrected chi connectivity index (χ1v) is 6.62. The van der Waals surface area contributed by atoms with Gasteiger partial charge in [0.1, 0.15) is 0 Å². The highest BCUT2D eigenvalue weighted by Gasteiger charge is 2.33. The van der Waals surface area contributed by atoms with E-state index >= 15 is 0 Å². The molecule has 2 aromatic heterocycles. The van der Waals surface area contributed by atoms with Gasteiger partial charge in [-0.2, -0.15) is 23.5 Å². The first kappa shape index (κ1) is 14.8. The predicted molar refractivity (Wildman–Crippen MR) is 76.5 cm³/mol. The summed E-state index contributed by atoms with van der Waals surface area (Å²) in [7, 11) is 0. The smallest absolute Gasteiger partial charge is 0.379 e. The van der Waals surface area contributed by atoms with Crippen LogP contribution in [0.2, 0.25) is 0 Å². The molecule has 0 aliphatic carbocycles. The maximum atomic E-state index is 13.1. The van der Waals surface area contributed by atoms with E-state index in [1.807, 2.05) is 0 Å². The fraction of sp³-hybridized carbons (Fsp3) is 0.133. The van der Waals surface area contributed by atoms with E-state index < -0.39 is 11.7 Å². The Bertz CT molecular complexity index is 892. The van der Waals surface area contributed by atoms with Crippen molar-refractivity contribution in [3.63, 3.8) is 0 Å². The maximum Gasteiger partial charge on any atom is 0.418 e. The van der Waals surface area contributed by atoms with Crippen LogP contribution in [-0.4, -0.2) is 14.6 Å². The standard InChI is InChI=1S/C15H10F3N5/c16-15(17,18)12-7-10(8-19)1-2-13(12)21-9-11-3-5-20-14-4-6-22-23(11)14/h1-7,21H,9H2. The van der Waals surface area contributed by atoms with Crippen molar-refractivity contribution in [3.05, 3.63) is 59.5 Å². The molecule has 0 saturated carbocycles. The zero-order chi connectivity index (χ0) is 16.4. The van der Waals surface area contributed by atoms with Crippen molar-refractivity contribution in [2.45, 2.75) is 12.7 Å². The summed E-state index contributed by atoms with van der Waals surface area (Å²) in [4.78, 5) is 4.09. The molecule has 0 atom stereocenters. The van der Waals surface area contributed by atoms with Crippen LogP contribution in [0.4, 0.5) is 18.9 Å². The zero-order valence-corrected chi connectivity index (χ0v) is 11.7. The zero-order valence-electron chi connectivity index (χ0n) is 11.7. The average molecular weight is 317 g/mol. The summed E-state index contributed by atoms with van der Waals surface area (Å²) >= 11 is 0. The van der Waals surface area contributed by atoms with E-state index in [-0.39, 0.29) is 17.8 Å². The van der Waals surface area contributed by atoms with Crippen LogP contribution in [0.15, 0.2) is 42.7 Å². The Morgan fingerprint density at radius 1 is 1.17 bits per heavy atom. The minimum absolute atomic E-state index is 0.0405. The van der Waals surface area contributed by atoms with Gasteiger partial charge in [-0.15, -0.1) is 0 Å². The number of nitriles is 1. The second-order valence-corrected chi connectivity index (χ2v) is 4.76. The van der Waals surface area contributed by atoms with Crippen LogP contribution in [0.3, 0.4) is 0 Å². The Hall–Kier alpha value is -3.08. The van der Waals surface area contributed by atoms with Gasteiger partial charge in [0.2, 0.25) is 0 Å². The van der Waals surface area contributed by atoms with Gasteiger partial charge in [-0.3, -0.25) is 0 Å². The Balaban J connectivity index is 1.91. The Morgan fingerprint density at radius 3 is 2.74 bits per heavy atom. The fourth-order valence-electron chi connectivity index (χ4n) is 2.21. The van der Waals surface area contributed by atoms with Crippen molar-refractivity contribution in [2.75, 3.05) is 5.32 Å². The van der Waals surface area contributed by atoms with Gasteiger partial charge in [0, 0.05) is 18.0 Å². The number of halogens is 3. The van der Waals surface area contributed by atoms with Crippen LogP contribution in [-0.2, 0) is 12.7 Å². The number of anilines is 1. The van der Waals surface area contributed by atoms with Crippen LogP contribution in [0.25, 0.3) is 5.65 Å². The van der Waals surface area contributed by atoms with Crippen molar-refractivity contribution >= 4 is 11.3 Å². The molecule has 0 radical (unpaired) electrons. The van der Waals surface area contributed by atoms with Crippen molar-refractivity contribution in [2.24, 2.45) is 0 Å². The Labute approximate surface area is 129 Å². The van der Waals surface area contributed by atoms with Gasteiger partial charge >= 0.3 is 6.18 Å². The minimum atomic E-state index is -4.55. The number of benzene rings is 1. The number of aromatic nitrogens is 3. The maximum absolute atomic E-state index is 13.1. The molecule has 3 rings (SSSR count). The molecule has 5 nitrogen and oxygen atoms in total. The van der Waals surface area contributed by atoms with Crippen molar-refractivity contribution < 1.29 is 13.2 Å². The Morgan fingerprint density at radius 2 is 2.00 bits per heavy atom. The van der Waals surface area contributed by atoms with E-state index in [1.165, 1.54) is 12.1 Å². The molecule has 0 amide bonds. The predicted octanol–water partition coefficient (Wildman–Crippen LogP) is 3.23. The molecule has 0 unspecified atom stereocenters. The van der Waals surface area contributed by atoms with Gasteiger partial charge in [0.05, 0.1) is 35.6 Å². The van der Waals surface area contributed by atoms with E-state index in [1.54, 1.807) is 35.1 Å². The summed E-state index contributed by atoms with van der Waals surface area (Å²) in [5, 5.41) is 15.6.